The third-order valence-electron chi connectivity index (χ3n) is 4.51. The second-order valence-corrected chi connectivity index (χ2v) is 6.91. The third-order valence-corrected chi connectivity index (χ3v) is 5.02. The summed E-state index contributed by atoms with van der Waals surface area (Å²) in [4.78, 5) is 15.7. The summed E-state index contributed by atoms with van der Waals surface area (Å²) >= 11 is 12.6. The highest BCUT2D eigenvalue weighted by atomic mass is 35.5. The number of ether oxygens (including phenoxy) is 1. The van der Waals surface area contributed by atoms with Gasteiger partial charge in [0.15, 0.2) is 0 Å². The van der Waals surface area contributed by atoms with E-state index in [1.54, 1.807) is 19.1 Å². The molecule has 2 aromatic carbocycles. The number of nitrogens with one attached hydrogen (secondary N) is 1. The molecule has 0 fully saturated rings. The number of carbonyl (C=O) groups is 1. The van der Waals surface area contributed by atoms with Crippen LogP contribution >= 0.6 is 23.2 Å². The Kier molecular flexibility index (Phi) is 5.56. The van der Waals surface area contributed by atoms with Crippen LogP contribution in [0.5, 0.6) is 0 Å². The van der Waals surface area contributed by atoms with Crippen molar-refractivity contribution in [1.82, 2.24) is 4.98 Å². The average Bonchev–Trinajstić information content (AvgIpc) is 3.01. The summed E-state index contributed by atoms with van der Waals surface area (Å²) in [5.74, 6) is -0.524. The molecule has 0 aliphatic rings. The van der Waals surface area contributed by atoms with Gasteiger partial charge in [-0.3, -0.25) is 0 Å². The Bertz CT molecular complexity index is 966. The minimum absolute atomic E-state index is 0.110. The van der Waals surface area contributed by atoms with E-state index in [0.717, 1.165) is 22.1 Å². The molecule has 1 heterocycles. The largest absolute Gasteiger partial charge is 0.461 e. The number of nitrogens with two attached hydrogens (primary N) is 1. The van der Waals surface area contributed by atoms with Crippen molar-refractivity contribution in [2.24, 2.45) is 5.73 Å². The fraction of sp³-hybridized carbons (Fsp3) is 0.250. The van der Waals surface area contributed by atoms with Crippen LogP contribution < -0.4 is 5.73 Å². The molecule has 0 aliphatic carbocycles. The molecule has 1 aromatic heterocycles. The first-order chi connectivity index (χ1) is 12.5. The summed E-state index contributed by atoms with van der Waals surface area (Å²) in [5, 5.41) is 1.77. The molecular weight excluding hydrogens is 371 g/mol. The Labute approximate surface area is 162 Å². The fourth-order valence-corrected chi connectivity index (χ4v) is 3.96. The zero-order valence-electron chi connectivity index (χ0n) is 14.6. The Hall–Kier alpha value is -2.01. The SMILES string of the molecule is CCOC(=O)c1[nH]c2cc(Cl)cc(Cl)c2c1C(C)c1ccccc1CN. The molecule has 3 N–H and O–H groups in total. The molecule has 136 valence electrons. The van der Waals surface area contributed by atoms with Crippen LogP contribution in [0.25, 0.3) is 10.9 Å². The van der Waals surface area contributed by atoms with Crippen LogP contribution in [0.3, 0.4) is 0 Å². The third kappa shape index (κ3) is 3.32. The van der Waals surface area contributed by atoms with E-state index < -0.39 is 5.97 Å². The molecule has 0 bridgehead atoms. The second kappa shape index (κ2) is 7.70. The van der Waals surface area contributed by atoms with Crippen LogP contribution in [0.15, 0.2) is 36.4 Å². The maximum Gasteiger partial charge on any atom is 0.355 e. The quantitative estimate of drug-likeness (QED) is 0.583. The molecule has 0 saturated carbocycles. The second-order valence-electron chi connectivity index (χ2n) is 6.07. The van der Waals surface area contributed by atoms with Crippen molar-refractivity contribution in [2.45, 2.75) is 26.3 Å². The molecule has 1 unspecified atom stereocenters. The van der Waals surface area contributed by atoms with Gasteiger partial charge in [-0.2, -0.15) is 0 Å². The van der Waals surface area contributed by atoms with Crippen molar-refractivity contribution in [3.8, 4) is 0 Å². The van der Waals surface area contributed by atoms with Crippen LogP contribution in [0.4, 0.5) is 0 Å². The molecule has 6 heteroatoms. The Morgan fingerprint density at radius 3 is 2.69 bits per heavy atom. The number of rotatable bonds is 5. The highest BCUT2D eigenvalue weighted by Crippen LogP contribution is 2.39. The van der Waals surface area contributed by atoms with Crippen LogP contribution in [0.2, 0.25) is 10.0 Å². The average molecular weight is 391 g/mol. The summed E-state index contributed by atoms with van der Waals surface area (Å²) in [7, 11) is 0. The van der Waals surface area contributed by atoms with Crippen molar-refractivity contribution in [1.29, 1.82) is 0 Å². The first-order valence-corrected chi connectivity index (χ1v) is 9.19. The molecular formula is C20H20Cl2N2O2. The number of esters is 1. The van der Waals surface area contributed by atoms with E-state index >= 15 is 0 Å². The molecule has 4 nitrogen and oxygen atoms in total. The van der Waals surface area contributed by atoms with Crippen LogP contribution in [0, 0.1) is 0 Å². The van der Waals surface area contributed by atoms with Crippen molar-refractivity contribution >= 4 is 40.1 Å². The Morgan fingerprint density at radius 2 is 2.00 bits per heavy atom. The van der Waals surface area contributed by atoms with Crippen molar-refractivity contribution < 1.29 is 9.53 Å². The highest BCUT2D eigenvalue weighted by molar-refractivity contribution is 6.39. The number of aromatic amines is 1. The summed E-state index contributed by atoms with van der Waals surface area (Å²) < 4.78 is 5.24. The molecule has 0 spiro atoms. The topological polar surface area (TPSA) is 68.1 Å². The van der Waals surface area contributed by atoms with Gasteiger partial charge in [-0.25, -0.2) is 4.79 Å². The minimum Gasteiger partial charge on any atom is -0.461 e. The van der Waals surface area contributed by atoms with Gasteiger partial charge in [-0.05, 0) is 30.2 Å². The van der Waals surface area contributed by atoms with E-state index in [-0.39, 0.29) is 12.5 Å². The van der Waals surface area contributed by atoms with Crippen molar-refractivity contribution in [3.05, 3.63) is 68.8 Å². The van der Waals surface area contributed by atoms with E-state index in [1.807, 2.05) is 31.2 Å². The normalized spacial score (nSPS) is 12.3. The van der Waals surface area contributed by atoms with Gasteiger partial charge in [0.1, 0.15) is 5.69 Å². The maximum absolute atomic E-state index is 12.6. The number of hydrogen-bond donors (Lipinski definition) is 2. The Morgan fingerprint density at radius 1 is 1.27 bits per heavy atom. The van der Waals surface area contributed by atoms with Crippen molar-refractivity contribution in [2.75, 3.05) is 6.61 Å². The van der Waals surface area contributed by atoms with E-state index in [2.05, 4.69) is 4.98 Å². The minimum atomic E-state index is -0.414. The zero-order chi connectivity index (χ0) is 18.8. The smallest absolute Gasteiger partial charge is 0.355 e. The van der Waals surface area contributed by atoms with E-state index in [4.69, 9.17) is 33.7 Å². The van der Waals surface area contributed by atoms with Gasteiger partial charge < -0.3 is 15.5 Å². The number of fused-ring (bicyclic) bond motifs is 1. The fourth-order valence-electron chi connectivity index (χ4n) is 3.37. The lowest BCUT2D eigenvalue weighted by molar-refractivity contribution is 0.0519. The van der Waals surface area contributed by atoms with Crippen LogP contribution in [0.1, 0.15) is 46.9 Å². The number of H-pyrrole nitrogens is 1. The Balaban J connectivity index is 2.28. The molecule has 1 atom stereocenters. The monoisotopic (exact) mass is 390 g/mol. The van der Waals surface area contributed by atoms with E-state index in [0.29, 0.717) is 27.8 Å². The van der Waals surface area contributed by atoms with Gasteiger partial charge >= 0.3 is 5.97 Å². The first kappa shape index (κ1) is 18.8. The van der Waals surface area contributed by atoms with Gasteiger partial charge in [-0.1, -0.05) is 54.4 Å². The van der Waals surface area contributed by atoms with Crippen LogP contribution in [-0.2, 0) is 11.3 Å². The van der Waals surface area contributed by atoms with Crippen molar-refractivity contribution in [3.63, 3.8) is 0 Å². The van der Waals surface area contributed by atoms with Gasteiger partial charge in [0, 0.05) is 34.0 Å². The lowest BCUT2D eigenvalue weighted by Crippen LogP contribution is -2.11. The lowest BCUT2D eigenvalue weighted by Gasteiger charge is -2.17. The standard InChI is InChI=1S/C20H20Cl2N2O2/c1-3-26-20(25)19-17(11(2)14-7-5-4-6-12(14)10-23)18-15(22)8-13(21)9-16(18)24-19/h4-9,11,24H,3,10,23H2,1-2H3. The molecule has 3 aromatic rings. The molecule has 0 saturated heterocycles. The van der Waals surface area contributed by atoms with E-state index in [1.165, 1.54) is 0 Å². The molecule has 0 amide bonds. The molecule has 0 radical (unpaired) electrons. The number of benzene rings is 2. The maximum atomic E-state index is 12.6. The van der Waals surface area contributed by atoms with Gasteiger partial charge in [-0.15, -0.1) is 0 Å². The van der Waals surface area contributed by atoms with E-state index in [9.17, 15) is 4.79 Å². The van der Waals surface area contributed by atoms with Crippen LogP contribution in [-0.4, -0.2) is 17.6 Å². The lowest BCUT2D eigenvalue weighted by atomic mass is 9.87. The molecule has 26 heavy (non-hydrogen) atoms. The number of carbonyl (C=O) groups excluding carboxylic acids is 1. The summed E-state index contributed by atoms with van der Waals surface area (Å²) in [5.41, 5.74) is 9.87. The predicted molar refractivity (Wildman–Crippen MR) is 106 cm³/mol. The van der Waals surface area contributed by atoms with Gasteiger partial charge in [0.05, 0.1) is 11.6 Å². The number of halogens is 2. The predicted octanol–water partition coefficient (Wildman–Crippen LogP) is 5.26. The number of aromatic nitrogens is 1. The zero-order valence-corrected chi connectivity index (χ0v) is 16.1. The van der Waals surface area contributed by atoms with Gasteiger partial charge in [0.25, 0.3) is 0 Å². The summed E-state index contributed by atoms with van der Waals surface area (Å²) in [6.07, 6.45) is 0. The highest BCUT2D eigenvalue weighted by Gasteiger charge is 2.26. The summed E-state index contributed by atoms with van der Waals surface area (Å²) in [6, 6.07) is 11.4. The molecule has 3 rings (SSSR count). The van der Waals surface area contributed by atoms with Gasteiger partial charge in [0.2, 0.25) is 0 Å². The number of hydrogen-bond acceptors (Lipinski definition) is 3. The first-order valence-electron chi connectivity index (χ1n) is 8.43. The summed E-state index contributed by atoms with van der Waals surface area (Å²) in [6.45, 7) is 4.51. The molecule has 0 aliphatic heterocycles.